The first-order valence-electron chi connectivity index (χ1n) is 8.55. The summed E-state index contributed by atoms with van der Waals surface area (Å²) in [5, 5.41) is 5.54. The number of furan rings is 1. The van der Waals surface area contributed by atoms with Gasteiger partial charge in [0.25, 0.3) is 11.8 Å². The standard InChI is InChI=1S/C21H20N2O4/c1-15(27-18-6-3-2-4-7-18)20(24)23-17-11-9-16(10-12-17)21(25)22-14-19-8-5-13-26-19/h2-13,15H,14H2,1H3,(H,22,25)(H,23,24). The predicted molar refractivity (Wildman–Crippen MR) is 101 cm³/mol. The molecule has 0 saturated carbocycles. The van der Waals surface area contributed by atoms with Crippen molar-refractivity contribution in [1.29, 1.82) is 0 Å². The SMILES string of the molecule is CC(Oc1ccccc1)C(=O)Nc1ccc(C(=O)NCc2ccco2)cc1. The minimum atomic E-state index is -0.649. The number of anilines is 1. The highest BCUT2D eigenvalue weighted by atomic mass is 16.5. The second kappa shape index (κ2) is 8.71. The Morgan fingerprint density at radius 1 is 1.00 bits per heavy atom. The van der Waals surface area contributed by atoms with E-state index in [4.69, 9.17) is 9.15 Å². The highest BCUT2D eigenvalue weighted by molar-refractivity contribution is 5.96. The lowest BCUT2D eigenvalue weighted by Gasteiger charge is -2.14. The van der Waals surface area contributed by atoms with E-state index in [2.05, 4.69) is 10.6 Å². The van der Waals surface area contributed by atoms with Gasteiger partial charge in [-0.3, -0.25) is 9.59 Å². The smallest absolute Gasteiger partial charge is 0.265 e. The topological polar surface area (TPSA) is 80.6 Å². The number of nitrogens with one attached hydrogen (secondary N) is 2. The zero-order chi connectivity index (χ0) is 19.1. The summed E-state index contributed by atoms with van der Waals surface area (Å²) in [6.07, 6.45) is 0.908. The van der Waals surface area contributed by atoms with Crippen molar-refractivity contribution in [2.45, 2.75) is 19.6 Å². The molecular formula is C21H20N2O4. The molecule has 2 amide bonds. The van der Waals surface area contributed by atoms with Crippen molar-refractivity contribution in [3.8, 4) is 5.75 Å². The molecule has 0 fully saturated rings. The predicted octanol–water partition coefficient (Wildman–Crippen LogP) is 3.62. The molecule has 0 spiro atoms. The highest BCUT2D eigenvalue weighted by Gasteiger charge is 2.15. The third-order valence-electron chi connectivity index (χ3n) is 3.84. The van der Waals surface area contributed by atoms with E-state index in [-0.39, 0.29) is 11.8 Å². The first-order valence-corrected chi connectivity index (χ1v) is 8.55. The first kappa shape index (κ1) is 18.3. The van der Waals surface area contributed by atoms with Gasteiger partial charge in [-0.15, -0.1) is 0 Å². The Balaban J connectivity index is 1.52. The molecule has 0 aliphatic rings. The highest BCUT2D eigenvalue weighted by Crippen LogP contribution is 2.14. The summed E-state index contributed by atoms with van der Waals surface area (Å²) in [4.78, 5) is 24.4. The Morgan fingerprint density at radius 2 is 1.74 bits per heavy atom. The molecule has 27 heavy (non-hydrogen) atoms. The van der Waals surface area contributed by atoms with E-state index in [0.717, 1.165) is 0 Å². The number of para-hydroxylation sites is 1. The van der Waals surface area contributed by atoms with Crippen LogP contribution in [0, 0.1) is 0 Å². The van der Waals surface area contributed by atoms with Gasteiger partial charge < -0.3 is 19.8 Å². The molecule has 0 aliphatic heterocycles. The fourth-order valence-electron chi connectivity index (χ4n) is 2.39. The van der Waals surface area contributed by atoms with Gasteiger partial charge in [0.2, 0.25) is 0 Å². The van der Waals surface area contributed by atoms with Crippen LogP contribution in [0.3, 0.4) is 0 Å². The molecule has 0 aliphatic carbocycles. The molecule has 6 heteroatoms. The van der Waals surface area contributed by atoms with Crippen molar-refractivity contribution in [3.63, 3.8) is 0 Å². The van der Waals surface area contributed by atoms with Crippen molar-refractivity contribution in [2.75, 3.05) is 5.32 Å². The van der Waals surface area contributed by atoms with Gasteiger partial charge in [-0.1, -0.05) is 18.2 Å². The molecule has 1 heterocycles. The summed E-state index contributed by atoms with van der Waals surface area (Å²) in [5.74, 6) is 0.822. The Kier molecular flexibility index (Phi) is 5.89. The fourth-order valence-corrected chi connectivity index (χ4v) is 2.39. The number of benzene rings is 2. The van der Waals surface area contributed by atoms with Gasteiger partial charge in [0.15, 0.2) is 6.10 Å². The van der Waals surface area contributed by atoms with Crippen LogP contribution in [0.25, 0.3) is 0 Å². The molecule has 2 aromatic carbocycles. The van der Waals surface area contributed by atoms with Crippen LogP contribution in [0.2, 0.25) is 0 Å². The molecule has 1 unspecified atom stereocenters. The van der Waals surface area contributed by atoms with Crippen molar-refractivity contribution < 1.29 is 18.7 Å². The fraction of sp³-hybridized carbons (Fsp3) is 0.143. The Bertz CT molecular complexity index is 874. The molecule has 6 nitrogen and oxygen atoms in total. The van der Waals surface area contributed by atoms with E-state index in [0.29, 0.717) is 29.3 Å². The van der Waals surface area contributed by atoms with E-state index in [1.807, 2.05) is 18.2 Å². The average Bonchev–Trinajstić information content (AvgIpc) is 3.21. The number of rotatable bonds is 7. The van der Waals surface area contributed by atoms with Crippen LogP contribution < -0.4 is 15.4 Å². The van der Waals surface area contributed by atoms with Gasteiger partial charge in [0, 0.05) is 11.3 Å². The van der Waals surface area contributed by atoms with Crippen LogP contribution >= 0.6 is 0 Å². The number of hydrogen-bond acceptors (Lipinski definition) is 4. The average molecular weight is 364 g/mol. The molecule has 138 valence electrons. The van der Waals surface area contributed by atoms with Crippen LogP contribution in [0.1, 0.15) is 23.0 Å². The van der Waals surface area contributed by atoms with E-state index < -0.39 is 6.10 Å². The summed E-state index contributed by atoms with van der Waals surface area (Å²) < 4.78 is 10.8. The van der Waals surface area contributed by atoms with Crippen molar-refractivity contribution in [3.05, 3.63) is 84.3 Å². The molecule has 1 atom stereocenters. The minimum absolute atomic E-state index is 0.218. The van der Waals surface area contributed by atoms with Crippen molar-refractivity contribution >= 4 is 17.5 Å². The Labute approximate surface area is 157 Å². The third kappa shape index (κ3) is 5.22. The lowest BCUT2D eigenvalue weighted by atomic mass is 10.2. The second-order valence-corrected chi connectivity index (χ2v) is 5.90. The number of carbonyl (C=O) groups excluding carboxylic acids is 2. The maximum atomic E-state index is 12.2. The maximum absolute atomic E-state index is 12.2. The van der Waals surface area contributed by atoms with Gasteiger partial charge in [-0.05, 0) is 55.5 Å². The molecule has 0 bridgehead atoms. The van der Waals surface area contributed by atoms with Crippen molar-refractivity contribution in [1.82, 2.24) is 5.32 Å². The van der Waals surface area contributed by atoms with Crippen LogP contribution in [0.4, 0.5) is 5.69 Å². The van der Waals surface area contributed by atoms with Crippen LogP contribution in [-0.4, -0.2) is 17.9 Å². The van der Waals surface area contributed by atoms with Crippen LogP contribution in [-0.2, 0) is 11.3 Å². The zero-order valence-corrected chi connectivity index (χ0v) is 14.8. The van der Waals surface area contributed by atoms with E-state index in [1.54, 1.807) is 61.7 Å². The molecule has 2 N–H and O–H groups in total. The lowest BCUT2D eigenvalue weighted by molar-refractivity contribution is -0.122. The van der Waals surface area contributed by atoms with Gasteiger partial charge in [0.05, 0.1) is 12.8 Å². The molecular weight excluding hydrogens is 344 g/mol. The summed E-state index contributed by atoms with van der Waals surface area (Å²) in [6.45, 7) is 2.00. The summed E-state index contributed by atoms with van der Waals surface area (Å²) in [5.41, 5.74) is 1.08. The van der Waals surface area contributed by atoms with Crippen molar-refractivity contribution in [2.24, 2.45) is 0 Å². The van der Waals surface area contributed by atoms with Crippen LogP contribution in [0.15, 0.2) is 77.4 Å². The Hall–Kier alpha value is -3.54. The monoisotopic (exact) mass is 364 g/mol. The van der Waals surface area contributed by atoms with Gasteiger partial charge >= 0.3 is 0 Å². The number of carbonyl (C=O) groups is 2. The second-order valence-electron chi connectivity index (χ2n) is 5.90. The lowest BCUT2D eigenvalue weighted by Crippen LogP contribution is -2.30. The number of ether oxygens (including phenoxy) is 1. The minimum Gasteiger partial charge on any atom is -0.481 e. The number of hydrogen-bond donors (Lipinski definition) is 2. The molecule has 1 aromatic heterocycles. The van der Waals surface area contributed by atoms with E-state index in [1.165, 1.54) is 0 Å². The van der Waals surface area contributed by atoms with Crippen LogP contribution in [0.5, 0.6) is 5.75 Å². The normalized spacial score (nSPS) is 11.4. The van der Waals surface area contributed by atoms with Gasteiger partial charge in [0.1, 0.15) is 11.5 Å². The molecule has 3 aromatic rings. The number of amides is 2. The largest absolute Gasteiger partial charge is 0.481 e. The van der Waals surface area contributed by atoms with E-state index in [9.17, 15) is 9.59 Å². The molecule has 0 radical (unpaired) electrons. The maximum Gasteiger partial charge on any atom is 0.265 e. The molecule has 0 saturated heterocycles. The summed E-state index contributed by atoms with van der Waals surface area (Å²) in [6, 6.07) is 19.4. The van der Waals surface area contributed by atoms with E-state index >= 15 is 0 Å². The summed E-state index contributed by atoms with van der Waals surface area (Å²) >= 11 is 0. The third-order valence-corrected chi connectivity index (χ3v) is 3.84. The zero-order valence-electron chi connectivity index (χ0n) is 14.8. The quantitative estimate of drug-likeness (QED) is 0.671. The molecule has 3 rings (SSSR count). The van der Waals surface area contributed by atoms with Gasteiger partial charge in [-0.2, -0.15) is 0 Å². The first-order chi connectivity index (χ1) is 13.1. The Morgan fingerprint density at radius 3 is 2.41 bits per heavy atom. The summed E-state index contributed by atoms with van der Waals surface area (Å²) in [7, 11) is 0. The van der Waals surface area contributed by atoms with Gasteiger partial charge in [-0.25, -0.2) is 0 Å².